The van der Waals surface area contributed by atoms with Crippen molar-refractivity contribution in [1.82, 2.24) is 0 Å². The number of hydrogen-bond acceptors (Lipinski definition) is 2. The summed E-state index contributed by atoms with van der Waals surface area (Å²) in [4.78, 5) is 11.2. The predicted octanol–water partition coefficient (Wildman–Crippen LogP) is 5.35. The van der Waals surface area contributed by atoms with Crippen LogP contribution >= 0.6 is 0 Å². The Bertz CT molecular complexity index is 874. The van der Waals surface area contributed by atoms with Crippen molar-refractivity contribution in [3.05, 3.63) is 29.8 Å². The van der Waals surface area contributed by atoms with E-state index in [1.54, 1.807) is 0 Å². The normalized spacial score (nSPS) is 14.0. The molecule has 0 heterocycles. The van der Waals surface area contributed by atoms with Gasteiger partial charge in [-0.1, -0.05) is 5.92 Å². The molecule has 0 aliphatic heterocycles. The van der Waals surface area contributed by atoms with E-state index in [0.717, 1.165) is 30.2 Å². The Labute approximate surface area is 164 Å². The van der Waals surface area contributed by atoms with Crippen LogP contribution < -0.4 is 4.74 Å². The van der Waals surface area contributed by atoms with Crippen molar-refractivity contribution in [2.45, 2.75) is 35.8 Å². The summed E-state index contributed by atoms with van der Waals surface area (Å²) in [7, 11) is 1.20. The van der Waals surface area contributed by atoms with Crippen molar-refractivity contribution in [3.8, 4) is 17.6 Å². The molecular weight excluding hydrogens is 471 g/mol. The number of hydrogen-bond donors (Lipinski definition) is 0. The second-order valence-corrected chi connectivity index (χ2v) is 5.68. The Morgan fingerprint density at radius 3 is 1.52 bits per heavy atom. The Kier molecular flexibility index (Phi) is 6.63. The molecule has 31 heavy (non-hydrogen) atoms. The van der Waals surface area contributed by atoms with Crippen molar-refractivity contribution in [2.75, 3.05) is 7.11 Å². The highest BCUT2D eigenvalue weighted by molar-refractivity contribution is 6.02. The Hall–Kier alpha value is -2.66. The molecule has 0 radical (unpaired) electrons. The molecule has 0 spiro atoms. The summed E-state index contributed by atoms with van der Waals surface area (Å²) in [5.74, 6) is -39.6. The van der Waals surface area contributed by atoms with Crippen molar-refractivity contribution >= 4 is 5.78 Å². The number of benzene rings is 1. The molecule has 0 unspecified atom stereocenters. The average molecular weight is 478 g/mol. The van der Waals surface area contributed by atoms with Gasteiger partial charge >= 0.3 is 35.8 Å². The van der Waals surface area contributed by atoms with E-state index in [1.165, 1.54) is 13.0 Å². The standard InChI is InChI=1S/C16H7F13O2/c1-31-9-5-2-8(3-6-9)4-7-10(30)11(17,18)12(19,20)13(21,22)14(23,24)15(25,26)16(27,28)29/h2-3,5-6H,1H3. The number of methoxy groups -OCH3 is 1. The molecule has 0 aromatic heterocycles. The maximum atomic E-state index is 13.6. The van der Waals surface area contributed by atoms with Crippen LogP contribution in [0, 0.1) is 11.8 Å². The van der Waals surface area contributed by atoms with Crippen molar-refractivity contribution < 1.29 is 66.6 Å². The number of ketones is 1. The molecule has 174 valence electrons. The van der Waals surface area contributed by atoms with Crippen LogP contribution in [0.5, 0.6) is 5.75 Å². The Morgan fingerprint density at radius 2 is 1.13 bits per heavy atom. The second-order valence-electron chi connectivity index (χ2n) is 5.68. The summed E-state index contributed by atoms with van der Waals surface area (Å²) >= 11 is 0. The van der Waals surface area contributed by atoms with E-state index in [0.29, 0.717) is 0 Å². The third-order valence-corrected chi connectivity index (χ3v) is 3.63. The van der Waals surface area contributed by atoms with E-state index in [9.17, 15) is 61.9 Å². The van der Waals surface area contributed by atoms with Gasteiger partial charge in [0.1, 0.15) is 5.75 Å². The highest BCUT2D eigenvalue weighted by atomic mass is 19.4. The molecule has 1 rings (SSSR count). The van der Waals surface area contributed by atoms with Crippen molar-refractivity contribution in [3.63, 3.8) is 0 Å². The summed E-state index contributed by atoms with van der Waals surface area (Å²) in [5, 5.41) is 0. The maximum absolute atomic E-state index is 13.6. The molecular formula is C16H7F13O2. The molecule has 0 atom stereocenters. The molecule has 0 N–H and O–H groups in total. The van der Waals surface area contributed by atoms with Gasteiger partial charge in [0.15, 0.2) is 0 Å². The van der Waals surface area contributed by atoms with Gasteiger partial charge < -0.3 is 4.74 Å². The zero-order valence-electron chi connectivity index (χ0n) is 14.5. The maximum Gasteiger partial charge on any atom is 0.460 e. The van der Waals surface area contributed by atoms with Crippen LogP contribution in [0.3, 0.4) is 0 Å². The minimum Gasteiger partial charge on any atom is -0.497 e. The first kappa shape index (κ1) is 26.4. The van der Waals surface area contributed by atoms with E-state index < -0.39 is 41.6 Å². The molecule has 0 amide bonds. The first-order valence-corrected chi connectivity index (χ1v) is 7.34. The monoisotopic (exact) mass is 478 g/mol. The predicted molar refractivity (Wildman–Crippen MR) is 75.7 cm³/mol. The summed E-state index contributed by atoms with van der Waals surface area (Å²) in [5.41, 5.74) is -0.367. The van der Waals surface area contributed by atoms with Gasteiger partial charge in [0.05, 0.1) is 7.11 Å². The van der Waals surface area contributed by atoms with Gasteiger partial charge in [-0.25, -0.2) is 0 Å². The van der Waals surface area contributed by atoms with Crippen LogP contribution in [0.2, 0.25) is 0 Å². The van der Waals surface area contributed by atoms with E-state index in [4.69, 9.17) is 0 Å². The van der Waals surface area contributed by atoms with Crippen LogP contribution in [0.1, 0.15) is 5.56 Å². The minimum absolute atomic E-state index is 0.168. The number of halogens is 13. The largest absolute Gasteiger partial charge is 0.497 e. The topological polar surface area (TPSA) is 26.3 Å². The van der Waals surface area contributed by atoms with Gasteiger partial charge in [0.2, 0.25) is 0 Å². The average Bonchev–Trinajstić information content (AvgIpc) is 2.64. The number of carbonyl (C=O) groups excluding carboxylic acids is 1. The molecule has 0 bridgehead atoms. The Balaban J connectivity index is 3.39. The van der Waals surface area contributed by atoms with Gasteiger partial charge in [-0.15, -0.1) is 0 Å². The Morgan fingerprint density at radius 1 is 0.710 bits per heavy atom. The van der Waals surface area contributed by atoms with Gasteiger partial charge in [0, 0.05) is 5.56 Å². The fourth-order valence-electron chi connectivity index (χ4n) is 1.79. The number of carbonyl (C=O) groups is 1. The fourth-order valence-corrected chi connectivity index (χ4v) is 1.79. The molecule has 0 aliphatic rings. The van der Waals surface area contributed by atoms with Crippen LogP contribution in [-0.2, 0) is 4.79 Å². The SMILES string of the molecule is COc1ccc(C#CC(=O)C(F)(F)C(F)(F)C(F)(F)C(F)(F)C(F)(F)C(F)(F)F)cc1. The van der Waals surface area contributed by atoms with Crippen LogP contribution in [-0.4, -0.2) is 48.7 Å². The highest BCUT2D eigenvalue weighted by Crippen LogP contribution is 2.60. The second kappa shape index (κ2) is 7.79. The van der Waals surface area contributed by atoms with E-state index >= 15 is 0 Å². The lowest BCUT2D eigenvalue weighted by molar-refractivity contribution is -0.435. The zero-order chi connectivity index (χ0) is 24.7. The number of Topliss-reactive ketones (excluding diaryl/α,β-unsaturated/α-hetero) is 1. The molecule has 0 saturated carbocycles. The van der Waals surface area contributed by atoms with Crippen LogP contribution in [0.4, 0.5) is 57.1 Å². The van der Waals surface area contributed by atoms with Crippen LogP contribution in [0.15, 0.2) is 24.3 Å². The molecule has 15 heteroatoms. The molecule has 0 saturated heterocycles. The summed E-state index contributed by atoms with van der Waals surface area (Å²) in [6, 6.07) is 4.16. The quantitative estimate of drug-likeness (QED) is 0.407. The molecule has 2 nitrogen and oxygen atoms in total. The van der Waals surface area contributed by atoms with Gasteiger partial charge in [0.25, 0.3) is 5.78 Å². The van der Waals surface area contributed by atoms with E-state index in [1.807, 2.05) is 0 Å². The highest BCUT2D eigenvalue weighted by Gasteiger charge is 2.91. The summed E-state index contributed by atoms with van der Waals surface area (Å²) in [6.45, 7) is 0. The third kappa shape index (κ3) is 4.11. The summed E-state index contributed by atoms with van der Waals surface area (Å²) in [6.07, 6.45) is -7.52. The van der Waals surface area contributed by atoms with Crippen molar-refractivity contribution in [2.24, 2.45) is 0 Å². The fraction of sp³-hybridized carbons (Fsp3) is 0.438. The molecule has 1 aromatic carbocycles. The van der Waals surface area contributed by atoms with Gasteiger partial charge in [-0.05, 0) is 30.2 Å². The number of alkyl halides is 13. The minimum atomic E-state index is -8.07. The first-order valence-electron chi connectivity index (χ1n) is 7.34. The molecule has 1 aromatic rings. The smallest absolute Gasteiger partial charge is 0.460 e. The molecule has 0 fully saturated rings. The van der Waals surface area contributed by atoms with Gasteiger partial charge in [-0.2, -0.15) is 57.1 Å². The first-order chi connectivity index (χ1) is 13.7. The number of rotatable bonds is 6. The van der Waals surface area contributed by atoms with Gasteiger partial charge in [-0.3, -0.25) is 4.79 Å². The number of ether oxygens (including phenoxy) is 1. The lowest BCUT2D eigenvalue weighted by atomic mass is 9.92. The zero-order valence-corrected chi connectivity index (χ0v) is 14.5. The van der Waals surface area contributed by atoms with E-state index in [-0.39, 0.29) is 11.3 Å². The lowest BCUT2D eigenvalue weighted by Gasteiger charge is -2.38. The van der Waals surface area contributed by atoms with E-state index in [2.05, 4.69) is 4.74 Å². The summed E-state index contributed by atoms with van der Waals surface area (Å²) < 4.78 is 173. The lowest BCUT2D eigenvalue weighted by Crippen LogP contribution is -2.71. The third-order valence-electron chi connectivity index (χ3n) is 3.63. The van der Waals surface area contributed by atoms with Crippen LogP contribution in [0.25, 0.3) is 0 Å². The van der Waals surface area contributed by atoms with Crippen molar-refractivity contribution in [1.29, 1.82) is 0 Å². The molecule has 0 aliphatic carbocycles.